The quantitative estimate of drug-likeness (QED) is 0.627. The standard InChI is InChI=1S/C25H27ClN4O2/c1-16-9-10-20(14-21(16)26)30-23(31)12-11-22(28-30)29-13-5-8-19(15-29)25(32)27-24-17(2)6-4-7-18(24)3/h4,6-7,9-12,14,19H,5,8,13,15H2,1-3H3,(H,27,32)/t19-/m0/s1. The van der Waals surface area contributed by atoms with E-state index in [1.165, 1.54) is 10.7 Å². The van der Waals surface area contributed by atoms with Crippen LogP contribution in [0.1, 0.15) is 29.5 Å². The van der Waals surface area contributed by atoms with Crippen LogP contribution >= 0.6 is 11.6 Å². The molecule has 2 heterocycles. The third-order valence-electron chi connectivity index (χ3n) is 6.03. The van der Waals surface area contributed by atoms with Crippen molar-refractivity contribution < 1.29 is 4.79 Å². The van der Waals surface area contributed by atoms with Crippen molar-refractivity contribution in [1.82, 2.24) is 9.78 Å². The molecule has 3 aromatic rings. The first-order valence-electron chi connectivity index (χ1n) is 10.8. The topological polar surface area (TPSA) is 67.2 Å². The molecule has 7 heteroatoms. The van der Waals surface area contributed by atoms with Gasteiger partial charge in [-0.25, -0.2) is 0 Å². The van der Waals surface area contributed by atoms with E-state index in [1.807, 2.05) is 51.1 Å². The van der Waals surface area contributed by atoms with Gasteiger partial charge in [0.2, 0.25) is 5.91 Å². The van der Waals surface area contributed by atoms with E-state index in [9.17, 15) is 9.59 Å². The van der Waals surface area contributed by atoms with Crippen molar-refractivity contribution >= 4 is 29.0 Å². The van der Waals surface area contributed by atoms with Crippen LogP contribution in [-0.2, 0) is 4.79 Å². The Kier molecular flexibility index (Phi) is 6.33. The normalized spacial score (nSPS) is 16.1. The predicted octanol–water partition coefficient (Wildman–Crippen LogP) is 4.67. The zero-order valence-corrected chi connectivity index (χ0v) is 19.3. The van der Waals surface area contributed by atoms with Gasteiger partial charge in [0, 0.05) is 29.9 Å². The summed E-state index contributed by atoms with van der Waals surface area (Å²) in [4.78, 5) is 27.6. The lowest BCUT2D eigenvalue weighted by atomic mass is 9.96. The Morgan fingerprint density at radius 2 is 1.81 bits per heavy atom. The van der Waals surface area contributed by atoms with Gasteiger partial charge in [-0.2, -0.15) is 4.68 Å². The molecule has 1 fully saturated rings. The maximum absolute atomic E-state index is 13.0. The van der Waals surface area contributed by atoms with Gasteiger partial charge in [0.15, 0.2) is 0 Å². The second kappa shape index (κ2) is 9.17. The first-order chi connectivity index (χ1) is 15.3. The summed E-state index contributed by atoms with van der Waals surface area (Å²) in [5, 5.41) is 8.29. The average Bonchev–Trinajstić information content (AvgIpc) is 2.78. The van der Waals surface area contributed by atoms with E-state index < -0.39 is 0 Å². The molecule has 0 unspecified atom stereocenters. The number of nitrogens with one attached hydrogen (secondary N) is 1. The van der Waals surface area contributed by atoms with Crippen LogP contribution in [0, 0.1) is 26.7 Å². The number of nitrogens with zero attached hydrogens (tertiary/aromatic N) is 3. The van der Waals surface area contributed by atoms with E-state index in [0.717, 1.165) is 41.8 Å². The highest BCUT2D eigenvalue weighted by Gasteiger charge is 2.27. The fraction of sp³-hybridized carbons (Fsp3) is 0.320. The molecule has 1 atom stereocenters. The van der Waals surface area contributed by atoms with Crippen molar-refractivity contribution in [1.29, 1.82) is 0 Å². The Hall–Kier alpha value is -3.12. The lowest BCUT2D eigenvalue weighted by Crippen LogP contribution is -2.42. The number of carbonyl (C=O) groups is 1. The molecule has 1 aliphatic heterocycles. The van der Waals surface area contributed by atoms with Crippen molar-refractivity contribution in [3.05, 3.63) is 80.6 Å². The Balaban J connectivity index is 1.55. The van der Waals surface area contributed by atoms with Gasteiger partial charge in [-0.1, -0.05) is 35.9 Å². The largest absolute Gasteiger partial charge is 0.354 e. The fourth-order valence-corrected chi connectivity index (χ4v) is 4.28. The van der Waals surface area contributed by atoms with Crippen molar-refractivity contribution in [2.45, 2.75) is 33.6 Å². The third-order valence-corrected chi connectivity index (χ3v) is 6.44. The molecule has 1 N–H and O–H groups in total. The summed E-state index contributed by atoms with van der Waals surface area (Å²) >= 11 is 6.25. The summed E-state index contributed by atoms with van der Waals surface area (Å²) in [7, 11) is 0. The number of aromatic nitrogens is 2. The van der Waals surface area contributed by atoms with Crippen LogP contribution < -0.4 is 15.8 Å². The highest BCUT2D eigenvalue weighted by Crippen LogP contribution is 2.25. The molecule has 6 nitrogen and oxygen atoms in total. The van der Waals surface area contributed by atoms with Gasteiger partial charge in [0.05, 0.1) is 11.6 Å². The second-order valence-corrected chi connectivity index (χ2v) is 8.82. The predicted molar refractivity (Wildman–Crippen MR) is 129 cm³/mol. The number of benzene rings is 2. The molecule has 1 saturated heterocycles. The molecular formula is C25H27ClN4O2. The number of carbonyl (C=O) groups excluding carboxylic acids is 1. The van der Waals surface area contributed by atoms with Crippen LogP contribution in [0.3, 0.4) is 0 Å². The van der Waals surface area contributed by atoms with Crippen molar-refractivity contribution in [3.8, 4) is 5.69 Å². The van der Waals surface area contributed by atoms with Crippen molar-refractivity contribution in [2.24, 2.45) is 5.92 Å². The molecule has 0 bridgehead atoms. The second-order valence-electron chi connectivity index (χ2n) is 8.42. The molecule has 4 rings (SSSR count). The monoisotopic (exact) mass is 450 g/mol. The van der Waals surface area contributed by atoms with Crippen LogP contribution in [-0.4, -0.2) is 28.8 Å². The number of rotatable bonds is 4. The molecule has 0 saturated carbocycles. The molecule has 2 aromatic carbocycles. The zero-order valence-electron chi connectivity index (χ0n) is 18.6. The molecule has 0 aliphatic carbocycles. The van der Waals surface area contributed by atoms with Crippen LogP contribution in [0.25, 0.3) is 5.69 Å². The first kappa shape index (κ1) is 22.1. The smallest absolute Gasteiger partial charge is 0.271 e. The summed E-state index contributed by atoms with van der Waals surface area (Å²) in [5.74, 6) is 0.537. The number of anilines is 2. The maximum Gasteiger partial charge on any atom is 0.271 e. The van der Waals surface area contributed by atoms with Gasteiger partial charge in [-0.05, 0) is 68.5 Å². The summed E-state index contributed by atoms with van der Waals surface area (Å²) in [6, 6.07) is 14.7. The SMILES string of the molecule is Cc1ccc(-n2nc(N3CCC[C@H](C(=O)Nc4c(C)cccc4C)C3)ccc2=O)cc1Cl. The van der Waals surface area contributed by atoms with Crippen molar-refractivity contribution in [3.63, 3.8) is 0 Å². The number of amides is 1. The Morgan fingerprint density at radius 1 is 1.06 bits per heavy atom. The van der Waals surface area contributed by atoms with Gasteiger partial charge < -0.3 is 10.2 Å². The van der Waals surface area contributed by atoms with Gasteiger partial charge in [-0.15, -0.1) is 5.10 Å². The Labute approximate surface area is 192 Å². The number of hydrogen-bond acceptors (Lipinski definition) is 4. The Bertz CT molecular complexity index is 1200. The minimum Gasteiger partial charge on any atom is -0.354 e. The molecular weight excluding hydrogens is 424 g/mol. The van der Waals surface area contributed by atoms with E-state index in [-0.39, 0.29) is 17.4 Å². The van der Waals surface area contributed by atoms with Crippen molar-refractivity contribution in [2.75, 3.05) is 23.3 Å². The van der Waals surface area contributed by atoms with E-state index >= 15 is 0 Å². The van der Waals surface area contributed by atoms with E-state index in [1.54, 1.807) is 12.1 Å². The number of aryl methyl sites for hydroxylation is 3. The van der Waals surface area contributed by atoms with Gasteiger partial charge in [-0.3, -0.25) is 9.59 Å². The highest BCUT2D eigenvalue weighted by atomic mass is 35.5. The van der Waals surface area contributed by atoms with E-state index in [4.69, 9.17) is 11.6 Å². The summed E-state index contributed by atoms with van der Waals surface area (Å²) < 4.78 is 1.36. The zero-order chi connectivity index (χ0) is 22.8. The molecule has 166 valence electrons. The number of halogens is 1. The number of hydrogen-bond donors (Lipinski definition) is 1. The van der Waals surface area contributed by atoms with Gasteiger partial charge in [0.25, 0.3) is 5.56 Å². The van der Waals surface area contributed by atoms with E-state index in [2.05, 4.69) is 15.3 Å². The minimum atomic E-state index is -0.227. The molecule has 0 spiro atoms. The van der Waals surface area contributed by atoms with Crippen LogP contribution in [0.15, 0.2) is 53.3 Å². The first-order valence-corrected chi connectivity index (χ1v) is 11.2. The fourth-order valence-electron chi connectivity index (χ4n) is 4.10. The molecule has 32 heavy (non-hydrogen) atoms. The average molecular weight is 451 g/mol. The number of para-hydroxylation sites is 1. The lowest BCUT2D eigenvalue weighted by molar-refractivity contribution is -0.120. The maximum atomic E-state index is 13.0. The molecule has 0 radical (unpaired) electrons. The minimum absolute atomic E-state index is 0.0192. The Morgan fingerprint density at radius 3 is 2.53 bits per heavy atom. The van der Waals surface area contributed by atoms with Gasteiger partial charge >= 0.3 is 0 Å². The van der Waals surface area contributed by atoms with Gasteiger partial charge in [0.1, 0.15) is 5.82 Å². The highest BCUT2D eigenvalue weighted by molar-refractivity contribution is 6.31. The molecule has 1 aliphatic rings. The summed E-state index contributed by atoms with van der Waals surface area (Å²) in [6.07, 6.45) is 1.70. The third kappa shape index (κ3) is 4.55. The molecule has 1 aromatic heterocycles. The summed E-state index contributed by atoms with van der Waals surface area (Å²) in [6.45, 7) is 7.25. The lowest BCUT2D eigenvalue weighted by Gasteiger charge is -2.33. The number of piperidine rings is 1. The van der Waals surface area contributed by atoms with Crippen LogP contribution in [0.5, 0.6) is 0 Å². The van der Waals surface area contributed by atoms with Crippen LogP contribution in [0.4, 0.5) is 11.5 Å². The summed E-state index contributed by atoms with van der Waals surface area (Å²) in [5.41, 5.74) is 4.32. The molecule has 1 amide bonds. The van der Waals surface area contributed by atoms with Crippen LogP contribution in [0.2, 0.25) is 5.02 Å². The van der Waals surface area contributed by atoms with E-state index in [0.29, 0.717) is 23.1 Å².